The van der Waals surface area contributed by atoms with Gasteiger partial charge in [-0.1, -0.05) is 11.6 Å². The molecule has 0 aliphatic heterocycles. The van der Waals surface area contributed by atoms with Crippen molar-refractivity contribution in [2.75, 3.05) is 12.4 Å². The van der Waals surface area contributed by atoms with E-state index in [2.05, 4.69) is 20.9 Å². The summed E-state index contributed by atoms with van der Waals surface area (Å²) in [7, 11) is -4.18. The van der Waals surface area contributed by atoms with E-state index in [1.165, 1.54) is 6.20 Å². The Morgan fingerprint density at radius 1 is 1.56 bits per heavy atom. The van der Waals surface area contributed by atoms with Crippen LogP contribution in [0.1, 0.15) is 6.42 Å². The highest BCUT2D eigenvalue weighted by atomic mass is 79.9. The number of halogens is 2. The van der Waals surface area contributed by atoms with Crippen LogP contribution in [-0.2, 0) is 10.1 Å². The molecule has 0 aromatic carbocycles. The predicted octanol–water partition coefficient (Wildman–Crippen LogP) is 1.81. The van der Waals surface area contributed by atoms with Crippen molar-refractivity contribution in [1.82, 2.24) is 4.98 Å². The van der Waals surface area contributed by atoms with E-state index in [9.17, 15) is 13.0 Å². The van der Waals surface area contributed by atoms with Crippen molar-refractivity contribution >= 4 is 37.6 Å². The topological polar surface area (TPSA) is 79.3 Å². The molecule has 0 saturated heterocycles. The summed E-state index contributed by atoms with van der Waals surface area (Å²) in [6, 6.07) is 1.61. The second kappa shape index (κ2) is 5.81. The summed E-state index contributed by atoms with van der Waals surface area (Å²) in [6.45, 7) is 0.0966. The average Bonchev–Trinajstić information content (AvgIpc) is 2.16. The van der Waals surface area contributed by atoms with E-state index < -0.39 is 15.9 Å². The second-order valence-corrected chi connectivity index (χ2v) is 5.70. The van der Waals surface area contributed by atoms with Crippen LogP contribution in [0.3, 0.4) is 0 Å². The molecule has 0 amide bonds. The Hall–Kier alpha value is -0.370. The SMILES string of the molecule is O=S(=O)([O-])CCCOc1cc(Br)cnc1Cl. The van der Waals surface area contributed by atoms with E-state index in [1.54, 1.807) is 6.07 Å². The van der Waals surface area contributed by atoms with Gasteiger partial charge in [0.25, 0.3) is 0 Å². The molecule has 1 aromatic heterocycles. The molecule has 1 aromatic rings. The van der Waals surface area contributed by atoms with Gasteiger partial charge >= 0.3 is 0 Å². The largest absolute Gasteiger partial charge is 0.748 e. The van der Waals surface area contributed by atoms with Gasteiger partial charge < -0.3 is 9.29 Å². The quantitative estimate of drug-likeness (QED) is 0.467. The smallest absolute Gasteiger partial charge is 0.171 e. The molecule has 0 fully saturated rings. The monoisotopic (exact) mass is 328 g/mol. The van der Waals surface area contributed by atoms with E-state index in [0.717, 1.165) is 0 Å². The maximum absolute atomic E-state index is 10.3. The summed E-state index contributed by atoms with van der Waals surface area (Å²) in [4.78, 5) is 3.82. The first-order valence-corrected chi connectivity index (χ1v) is 7.01. The van der Waals surface area contributed by atoms with E-state index in [1.807, 2.05) is 0 Å². The van der Waals surface area contributed by atoms with Gasteiger partial charge in [-0.3, -0.25) is 0 Å². The lowest BCUT2D eigenvalue weighted by atomic mass is 10.4. The molecule has 0 aliphatic rings. The maximum atomic E-state index is 10.3. The lowest BCUT2D eigenvalue weighted by molar-refractivity contribution is 0.314. The highest BCUT2D eigenvalue weighted by Crippen LogP contribution is 2.25. The van der Waals surface area contributed by atoms with Crippen LogP contribution in [-0.4, -0.2) is 30.3 Å². The molecular weight excluding hydrogens is 322 g/mol. The molecule has 8 heteroatoms. The number of nitrogens with zero attached hydrogens (tertiary/aromatic N) is 1. The van der Waals surface area contributed by atoms with Crippen LogP contribution in [0, 0.1) is 0 Å². The molecule has 16 heavy (non-hydrogen) atoms. The number of hydrogen-bond donors (Lipinski definition) is 0. The zero-order valence-electron chi connectivity index (χ0n) is 8.02. The molecule has 0 unspecified atom stereocenters. The minimum atomic E-state index is -4.18. The molecule has 0 aliphatic carbocycles. The Balaban J connectivity index is 2.46. The van der Waals surface area contributed by atoms with Crippen molar-refractivity contribution in [3.05, 3.63) is 21.9 Å². The first kappa shape index (κ1) is 13.7. The molecule has 1 heterocycles. The lowest BCUT2D eigenvalue weighted by Crippen LogP contribution is -2.09. The number of rotatable bonds is 5. The van der Waals surface area contributed by atoms with Gasteiger partial charge in [-0.05, 0) is 28.4 Å². The van der Waals surface area contributed by atoms with Crippen molar-refractivity contribution in [3.8, 4) is 5.75 Å². The van der Waals surface area contributed by atoms with Crippen LogP contribution in [0.25, 0.3) is 0 Å². The summed E-state index contributed by atoms with van der Waals surface area (Å²) in [5.74, 6) is -0.106. The Labute approximate surface area is 107 Å². The molecule has 90 valence electrons. The first-order valence-electron chi connectivity index (χ1n) is 4.26. The normalized spacial score (nSPS) is 11.4. The fraction of sp³-hybridized carbons (Fsp3) is 0.375. The van der Waals surface area contributed by atoms with Gasteiger partial charge in [0.2, 0.25) is 0 Å². The van der Waals surface area contributed by atoms with Crippen LogP contribution >= 0.6 is 27.5 Å². The van der Waals surface area contributed by atoms with Crippen LogP contribution in [0.4, 0.5) is 0 Å². The van der Waals surface area contributed by atoms with Gasteiger partial charge in [0.1, 0.15) is 0 Å². The Morgan fingerprint density at radius 3 is 2.88 bits per heavy atom. The standard InChI is InChI=1S/C8H9BrClNO4S/c9-6-4-7(8(10)11-5-6)15-2-1-3-16(12,13)14/h4-5H,1-3H2,(H,12,13,14)/p-1. The van der Waals surface area contributed by atoms with Crippen LogP contribution < -0.4 is 4.74 Å². The Kier molecular flexibility index (Phi) is 4.97. The Bertz CT molecular complexity index is 465. The summed E-state index contributed by atoms with van der Waals surface area (Å²) in [6.07, 6.45) is 1.63. The zero-order valence-corrected chi connectivity index (χ0v) is 11.2. The molecule has 0 saturated carbocycles. The van der Waals surface area contributed by atoms with Crippen molar-refractivity contribution < 1.29 is 17.7 Å². The summed E-state index contributed by atoms with van der Waals surface area (Å²) in [5, 5.41) is 0.188. The van der Waals surface area contributed by atoms with E-state index >= 15 is 0 Å². The van der Waals surface area contributed by atoms with E-state index in [-0.39, 0.29) is 18.2 Å². The van der Waals surface area contributed by atoms with Crippen molar-refractivity contribution in [2.45, 2.75) is 6.42 Å². The fourth-order valence-corrected chi connectivity index (χ4v) is 1.86. The number of hydrogen-bond acceptors (Lipinski definition) is 5. The highest BCUT2D eigenvalue weighted by Gasteiger charge is 2.04. The van der Waals surface area contributed by atoms with Crippen LogP contribution in [0.2, 0.25) is 5.15 Å². The van der Waals surface area contributed by atoms with Gasteiger partial charge in [0.05, 0.1) is 16.7 Å². The predicted molar refractivity (Wildman–Crippen MR) is 61.6 cm³/mol. The third kappa shape index (κ3) is 5.11. The number of ether oxygens (including phenoxy) is 1. The van der Waals surface area contributed by atoms with Crippen molar-refractivity contribution in [3.63, 3.8) is 0 Å². The molecule has 5 nitrogen and oxygen atoms in total. The molecule has 1 rings (SSSR count). The van der Waals surface area contributed by atoms with E-state index in [0.29, 0.717) is 10.2 Å². The minimum absolute atomic E-state index is 0.0966. The first-order chi connectivity index (χ1) is 7.38. The molecule has 0 radical (unpaired) electrons. The van der Waals surface area contributed by atoms with Gasteiger partial charge in [0.15, 0.2) is 10.9 Å². The van der Waals surface area contributed by atoms with Gasteiger partial charge in [-0.15, -0.1) is 0 Å². The van der Waals surface area contributed by atoms with Gasteiger partial charge in [-0.25, -0.2) is 13.4 Å². The molecule has 0 spiro atoms. The van der Waals surface area contributed by atoms with E-state index in [4.69, 9.17) is 16.3 Å². The molecule has 0 bridgehead atoms. The molecule has 0 N–H and O–H groups in total. The van der Waals surface area contributed by atoms with Gasteiger partial charge in [-0.2, -0.15) is 0 Å². The Morgan fingerprint density at radius 2 is 2.25 bits per heavy atom. The zero-order chi connectivity index (χ0) is 12.2. The minimum Gasteiger partial charge on any atom is -0.748 e. The highest BCUT2D eigenvalue weighted by molar-refractivity contribution is 9.10. The summed E-state index contributed by atoms with van der Waals surface area (Å²) >= 11 is 8.92. The third-order valence-electron chi connectivity index (χ3n) is 1.57. The van der Waals surface area contributed by atoms with Crippen molar-refractivity contribution in [1.29, 1.82) is 0 Å². The van der Waals surface area contributed by atoms with Gasteiger partial charge in [0, 0.05) is 16.4 Å². The summed E-state index contributed by atoms with van der Waals surface area (Å²) < 4.78 is 36.8. The average molecular weight is 330 g/mol. The summed E-state index contributed by atoms with van der Waals surface area (Å²) in [5.41, 5.74) is 0. The van der Waals surface area contributed by atoms with Crippen molar-refractivity contribution in [2.24, 2.45) is 0 Å². The molecular formula is C8H8BrClNO4S-. The second-order valence-electron chi connectivity index (χ2n) is 2.91. The number of pyridine rings is 1. The third-order valence-corrected chi connectivity index (χ3v) is 3.08. The van der Waals surface area contributed by atoms with Crippen LogP contribution in [0.15, 0.2) is 16.7 Å². The fourth-order valence-electron chi connectivity index (χ4n) is 0.923. The number of aromatic nitrogens is 1. The lowest BCUT2D eigenvalue weighted by Gasteiger charge is -2.09. The maximum Gasteiger partial charge on any atom is 0.171 e. The van der Waals surface area contributed by atoms with Crippen LogP contribution in [0.5, 0.6) is 5.75 Å². The molecule has 0 atom stereocenters.